The van der Waals surface area contributed by atoms with Crippen LogP contribution < -0.4 is 9.47 Å². The average Bonchev–Trinajstić information content (AvgIpc) is 3.14. The Morgan fingerprint density at radius 2 is 1.97 bits per heavy atom. The first-order chi connectivity index (χ1) is 13.9. The third kappa shape index (κ3) is 3.13. The third-order valence-electron chi connectivity index (χ3n) is 6.07. The summed E-state index contributed by atoms with van der Waals surface area (Å²) >= 11 is 3.52. The van der Waals surface area contributed by atoms with E-state index in [4.69, 9.17) is 19.3 Å². The molecule has 0 aliphatic carbocycles. The van der Waals surface area contributed by atoms with Gasteiger partial charge in [-0.1, -0.05) is 40.2 Å². The molecule has 0 amide bonds. The topological polar surface area (TPSA) is 43.3 Å². The Kier molecular flexibility index (Phi) is 4.40. The molecule has 0 radical (unpaired) electrons. The van der Waals surface area contributed by atoms with E-state index in [2.05, 4.69) is 65.1 Å². The number of halogens is 1. The van der Waals surface area contributed by atoms with Crippen LogP contribution >= 0.6 is 15.9 Å². The molecule has 2 atom stereocenters. The molecule has 152 valence electrons. The summed E-state index contributed by atoms with van der Waals surface area (Å²) in [7, 11) is 1.70. The fraction of sp³-hybridized carbons (Fsp3) is 0.435. The summed E-state index contributed by atoms with van der Waals surface area (Å²) in [5, 5.41) is 7.32. The number of hydrogen-bond acceptors (Lipinski definition) is 5. The average molecular weight is 457 g/mol. The van der Waals surface area contributed by atoms with Gasteiger partial charge in [-0.25, -0.2) is 5.01 Å². The minimum atomic E-state index is -0.537. The summed E-state index contributed by atoms with van der Waals surface area (Å²) in [5.41, 5.74) is 2.55. The van der Waals surface area contributed by atoms with Crippen molar-refractivity contribution in [1.82, 2.24) is 5.01 Å². The van der Waals surface area contributed by atoms with Crippen molar-refractivity contribution >= 4 is 21.6 Å². The van der Waals surface area contributed by atoms with Gasteiger partial charge < -0.3 is 14.2 Å². The van der Waals surface area contributed by atoms with Gasteiger partial charge in [0.25, 0.3) is 0 Å². The van der Waals surface area contributed by atoms with Crippen molar-refractivity contribution in [3.05, 3.63) is 58.1 Å². The predicted molar refractivity (Wildman–Crippen MR) is 115 cm³/mol. The minimum Gasteiger partial charge on any atom is -0.493 e. The molecule has 6 heteroatoms. The maximum Gasteiger partial charge on any atom is 0.203 e. The maximum absolute atomic E-state index is 6.74. The number of hydrogen-bond donors (Lipinski definition) is 0. The molecular formula is C23H25BrN2O3. The van der Waals surface area contributed by atoms with E-state index in [0.717, 1.165) is 52.1 Å². The van der Waals surface area contributed by atoms with Crippen LogP contribution in [0.4, 0.5) is 0 Å². The van der Waals surface area contributed by atoms with Crippen molar-refractivity contribution in [2.24, 2.45) is 5.10 Å². The first-order valence-electron chi connectivity index (χ1n) is 10.0. The third-order valence-corrected chi connectivity index (χ3v) is 6.60. The Balaban J connectivity index is 1.63. The number of benzene rings is 2. The van der Waals surface area contributed by atoms with Crippen LogP contribution in [0.3, 0.4) is 0 Å². The number of methoxy groups -OCH3 is 1. The lowest BCUT2D eigenvalue weighted by Gasteiger charge is -2.52. The monoisotopic (exact) mass is 456 g/mol. The van der Waals surface area contributed by atoms with Gasteiger partial charge >= 0.3 is 0 Å². The van der Waals surface area contributed by atoms with Crippen LogP contribution in [0.1, 0.15) is 50.3 Å². The van der Waals surface area contributed by atoms with Crippen molar-refractivity contribution in [2.75, 3.05) is 13.7 Å². The van der Waals surface area contributed by atoms with Crippen LogP contribution in [0.25, 0.3) is 0 Å². The summed E-state index contributed by atoms with van der Waals surface area (Å²) < 4.78 is 19.5. The smallest absolute Gasteiger partial charge is 0.203 e. The van der Waals surface area contributed by atoms with Crippen molar-refractivity contribution in [2.45, 2.75) is 50.5 Å². The molecule has 1 saturated heterocycles. The van der Waals surface area contributed by atoms with Crippen LogP contribution in [0.15, 0.2) is 52.0 Å². The van der Waals surface area contributed by atoms with Gasteiger partial charge in [-0.3, -0.25) is 0 Å². The number of para-hydroxylation sites is 1. The van der Waals surface area contributed by atoms with Gasteiger partial charge in [-0.15, -0.1) is 0 Å². The molecule has 0 bridgehead atoms. The van der Waals surface area contributed by atoms with Crippen LogP contribution in [0.2, 0.25) is 0 Å². The summed E-state index contributed by atoms with van der Waals surface area (Å²) in [5.74, 6) is 1.63. The first kappa shape index (κ1) is 18.9. The molecule has 1 spiro atoms. The van der Waals surface area contributed by atoms with E-state index in [1.54, 1.807) is 7.11 Å². The predicted octanol–water partition coefficient (Wildman–Crippen LogP) is 5.29. The van der Waals surface area contributed by atoms with Gasteiger partial charge in [0.1, 0.15) is 0 Å². The van der Waals surface area contributed by atoms with E-state index in [0.29, 0.717) is 6.61 Å². The molecule has 2 unspecified atom stereocenters. The lowest BCUT2D eigenvalue weighted by Crippen LogP contribution is -2.60. The maximum atomic E-state index is 6.74. The highest BCUT2D eigenvalue weighted by molar-refractivity contribution is 9.10. The number of nitrogens with zero attached hydrogens (tertiary/aromatic N) is 2. The minimum absolute atomic E-state index is 0.126. The molecule has 5 nitrogen and oxygen atoms in total. The van der Waals surface area contributed by atoms with E-state index >= 15 is 0 Å². The molecule has 0 aromatic heterocycles. The number of ether oxygens (including phenoxy) is 3. The largest absolute Gasteiger partial charge is 0.493 e. The van der Waals surface area contributed by atoms with E-state index in [9.17, 15) is 0 Å². The zero-order chi connectivity index (χ0) is 20.2. The molecule has 3 aliphatic heterocycles. The van der Waals surface area contributed by atoms with Gasteiger partial charge in [-0.05, 0) is 37.6 Å². The van der Waals surface area contributed by atoms with E-state index in [1.165, 1.54) is 0 Å². The Morgan fingerprint density at radius 3 is 2.69 bits per heavy atom. The van der Waals surface area contributed by atoms with Crippen LogP contribution in [0.5, 0.6) is 11.5 Å². The SMILES string of the molecule is COc1cccc2c1OC1(CCOC(C)(C)C1)N1N=C(c3ccc(Br)cc3)CC21. The zero-order valence-electron chi connectivity index (χ0n) is 16.9. The Bertz CT molecular complexity index is 973. The summed E-state index contributed by atoms with van der Waals surface area (Å²) in [4.78, 5) is 0. The fourth-order valence-corrected chi connectivity index (χ4v) is 5.09. The van der Waals surface area contributed by atoms with Crippen LogP contribution in [-0.4, -0.2) is 35.8 Å². The quantitative estimate of drug-likeness (QED) is 0.615. The molecule has 1 fully saturated rings. The molecule has 3 heterocycles. The van der Waals surface area contributed by atoms with Gasteiger partial charge in [0.05, 0.1) is 31.1 Å². The van der Waals surface area contributed by atoms with E-state index in [-0.39, 0.29) is 11.6 Å². The van der Waals surface area contributed by atoms with Gasteiger partial charge in [-0.2, -0.15) is 5.10 Å². The Morgan fingerprint density at radius 1 is 1.17 bits per heavy atom. The van der Waals surface area contributed by atoms with Crippen molar-refractivity contribution in [3.63, 3.8) is 0 Å². The second-order valence-corrected chi connectivity index (χ2v) is 9.50. The molecule has 0 saturated carbocycles. The summed E-state index contributed by atoms with van der Waals surface area (Å²) in [6, 6.07) is 14.6. The number of fused-ring (bicyclic) bond motifs is 4. The fourth-order valence-electron chi connectivity index (χ4n) is 4.82. The Labute approximate surface area is 179 Å². The summed E-state index contributed by atoms with van der Waals surface area (Å²) in [6.45, 7) is 4.89. The highest BCUT2D eigenvalue weighted by Gasteiger charge is 2.55. The van der Waals surface area contributed by atoms with E-state index < -0.39 is 5.72 Å². The highest BCUT2D eigenvalue weighted by atomic mass is 79.9. The summed E-state index contributed by atoms with van der Waals surface area (Å²) in [6.07, 6.45) is 2.35. The van der Waals surface area contributed by atoms with Crippen LogP contribution in [-0.2, 0) is 4.74 Å². The second-order valence-electron chi connectivity index (χ2n) is 8.58. The lowest BCUT2D eigenvalue weighted by molar-refractivity contribution is -0.212. The molecule has 3 aliphatic rings. The van der Waals surface area contributed by atoms with Crippen molar-refractivity contribution in [1.29, 1.82) is 0 Å². The normalized spacial score (nSPS) is 27.1. The van der Waals surface area contributed by atoms with Gasteiger partial charge in [0.15, 0.2) is 11.5 Å². The number of rotatable bonds is 2. The highest BCUT2D eigenvalue weighted by Crippen LogP contribution is 2.54. The van der Waals surface area contributed by atoms with Crippen molar-refractivity contribution < 1.29 is 14.2 Å². The molecule has 2 aromatic carbocycles. The molecule has 0 N–H and O–H groups in total. The first-order valence-corrected chi connectivity index (χ1v) is 10.8. The Hall–Kier alpha value is -2.05. The van der Waals surface area contributed by atoms with Gasteiger partial charge in [0.2, 0.25) is 5.72 Å². The lowest BCUT2D eigenvalue weighted by atomic mass is 9.86. The van der Waals surface area contributed by atoms with Gasteiger partial charge in [0, 0.05) is 29.3 Å². The van der Waals surface area contributed by atoms with Crippen LogP contribution in [0, 0.1) is 0 Å². The molecule has 5 rings (SSSR count). The molecular weight excluding hydrogens is 432 g/mol. The molecule has 2 aromatic rings. The molecule has 29 heavy (non-hydrogen) atoms. The van der Waals surface area contributed by atoms with Crippen molar-refractivity contribution in [3.8, 4) is 11.5 Å². The number of hydrazone groups is 1. The second kappa shape index (κ2) is 6.74. The van der Waals surface area contributed by atoms with E-state index in [1.807, 2.05) is 12.1 Å². The zero-order valence-corrected chi connectivity index (χ0v) is 18.5. The standard InChI is InChI=1S/C23H25BrN2O3/c1-22(2)14-23(11-12-28-22)26-19(17-5-4-6-20(27-3)21(17)29-23)13-18(25-26)15-7-9-16(24)10-8-15/h4-10,19H,11-14H2,1-3H3.